The van der Waals surface area contributed by atoms with Crippen molar-refractivity contribution in [3.63, 3.8) is 0 Å². The number of amides is 1. The van der Waals surface area contributed by atoms with Gasteiger partial charge in [0.2, 0.25) is 0 Å². The summed E-state index contributed by atoms with van der Waals surface area (Å²) in [5.74, 6) is -0.450. The zero-order chi connectivity index (χ0) is 17.3. The summed E-state index contributed by atoms with van der Waals surface area (Å²) in [6, 6.07) is 9.40. The van der Waals surface area contributed by atoms with E-state index in [0.717, 1.165) is 28.0 Å². The molecule has 24 heavy (non-hydrogen) atoms. The van der Waals surface area contributed by atoms with Crippen LogP contribution in [-0.4, -0.2) is 25.9 Å². The van der Waals surface area contributed by atoms with Crippen molar-refractivity contribution in [2.24, 2.45) is 7.05 Å². The van der Waals surface area contributed by atoms with E-state index < -0.39 is 11.3 Å². The van der Waals surface area contributed by atoms with Gasteiger partial charge in [-0.2, -0.15) is 5.10 Å². The number of fused-ring (bicyclic) bond motifs is 1. The van der Waals surface area contributed by atoms with Crippen LogP contribution in [0.25, 0.3) is 11.0 Å². The first kappa shape index (κ1) is 15.9. The Balaban J connectivity index is 1.88. The minimum absolute atomic E-state index is 0.450. The maximum Gasteiger partial charge on any atom is 0.253 e. The summed E-state index contributed by atoms with van der Waals surface area (Å²) < 4.78 is 1.72. The van der Waals surface area contributed by atoms with Crippen molar-refractivity contribution < 1.29 is 10.0 Å². The van der Waals surface area contributed by atoms with Crippen LogP contribution in [0.2, 0.25) is 0 Å². The molecule has 3 aromatic rings. The average Bonchev–Trinajstić information content (AvgIpc) is 2.97. The molecule has 0 aliphatic rings. The van der Waals surface area contributed by atoms with Gasteiger partial charge in [0.25, 0.3) is 5.91 Å². The van der Waals surface area contributed by atoms with Crippen molar-refractivity contribution in [3.05, 3.63) is 48.3 Å². The van der Waals surface area contributed by atoms with Gasteiger partial charge in [-0.1, -0.05) is 12.1 Å². The first-order valence-electron chi connectivity index (χ1n) is 7.52. The van der Waals surface area contributed by atoms with Crippen LogP contribution in [0.3, 0.4) is 0 Å². The molecular weight excluding hydrogens is 306 g/mol. The number of hydrogen-bond donors (Lipinski definition) is 3. The van der Waals surface area contributed by atoms with E-state index in [0.29, 0.717) is 0 Å². The Morgan fingerprint density at radius 1 is 1.21 bits per heavy atom. The molecular formula is C17H19N5O2. The minimum Gasteiger partial charge on any atom is -0.355 e. The smallest absolute Gasteiger partial charge is 0.253 e. The van der Waals surface area contributed by atoms with Gasteiger partial charge in [-0.15, -0.1) is 0 Å². The molecule has 0 atom stereocenters. The van der Waals surface area contributed by atoms with E-state index in [1.807, 2.05) is 37.4 Å². The maximum absolute atomic E-state index is 11.8. The summed E-state index contributed by atoms with van der Waals surface area (Å²) in [6.45, 7) is 3.51. The third-order valence-corrected chi connectivity index (χ3v) is 4.19. The normalized spacial score (nSPS) is 11.5. The summed E-state index contributed by atoms with van der Waals surface area (Å²) in [4.78, 5) is 16.1. The predicted octanol–water partition coefficient (Wildman–Crippen LogP) is 2.49. The summed E-state index contributed by atoms with van der Waals surface area (Å²) >= 11 is 0. The summed E-state index contributed by atoms with van der Waals surface area (Å²) in [5, 5.41) is 17.4. The van der Waals surface area contributed by atoms with Gasteiger partial charge in [-0.05, 0) is 37.6 Å². The van der Waals surface area contributed by atoms with Crippen molar-refractivity contribution in [1.82, 2.24) is 20.2 Å². The lowest BCUT2D eigenvalue weighted by Gasteiger charge is -2.22. The van der Waals surface area contributed by atoms with Crippen molar-refractivity contribution in [2.45, 2.75) is 19.3 Å². The van der Waals surface area contributed by atoms with Crippen LogP contribution in [0.1, 0.15) is 19.4 Å². The second kappa shape index (κ2) is 5.93. The third kappa shape index (κ3) is 2.69. The topological polar surface area (TPSA) is 92.1 Å². The van der Waals surface area contributed by atoms with E-state index in [9.17, 15) is 4.79 Å². The number of carbonyl (C=O) groups excluding carboxylic acids is 1. The fourth-order valence-electron chi connectivity index (χ4n) is 2.55. The number of nitrogens with zero attached hydrogens (tertiary/aromatic N) is 3. The lowest BCUT2D eigenvalue weighted by Crippen LogP contribution is -2.38. The van der Waals surface area contributed by atoms with Gasteiger partial charge >= 0.3 is 0 Å². The van der Waals surface area contributed by atoms with Gasteiger partial charge in [0.1, 0.15) is 0 Å². The molecule has 0 spiro atoms. The molecule has 2 aromatic heterocycles. The molecule has 0 bridgehead atoms. The molecule has 7 heteroatoms. The molecule has 124 valence electrons. The number of hydroxylamine groups is 1. The molecule has 3 rings (SSSR count). The van der Waals surface area contributed by atoms with E-state index in [2.05, 4.69) is 15.4 Å². The standard InChI is InChI=1S/C17H19N5O2/c1-17(2,16(23)21-24)11-4-6-12(7-5-11)20-14-8-9-18-15-13(14)10-19-22(15)3/h4-10,24H,1-3H3,(H,18,20)(H,21,23). The minimum atomic E-state index is -0.819. The highest BCUT2D eigenvalue weighted by Crippen LogP contribution is 2.28. The Morgan fingerprint density at radius 2 is 1.92 bits per heavy atom. The molecule has 0 fully saturated rings. The summed E-state index contributed by atoms with van der Waals surface area (Å²) in [5.41, 5.74) is 4.30. The van der Waals surface area contributed by atoms with E-state index in [-0.39, 0.29) is 0 Å². The fraction of sp³-hybridized carbons (Fsp3) is 0.235. The van der Waals surface area contributed by atoms with Gasteiger partial charge in [0, 0.05) is 18.9 Å². The number of rotatable bonds is 4. The van der Waals surface area contributed by atoms with Gasteiger partial charge in [0.15, 0.2) is 5.65 Å². The Bertz CT molecular complexity index is 884. The second-order valence-electron chi connectivity index (χ2n) is 6.13. The molecule has 0 saturated heterocycles. The van der Waals surface area contributed by atoms with Crippen LogP contribution in [0.4, 0.5) is 11.4 Å². The molecule has 0 saturated carbocycles. The lowest BCUT2D eigenvalue weighted by atomic mass is 9.84. The van der Waals surface area contributed by atoms with Crippen LogP contribution >= 0.6 is 0 Å². The molecule has 1 aromatic carbocycles. The Morgan fingerprint density at radius 3 is 2.58 bits per heavy atom. The van der Waals surface area contributed by atoms with E-state index in [1.54, 1.807) is 36.4 Å². The largest absolute Gasteiger partial charge is 0.355 e. The number of pyridine rings is 1. The quantitative estimate of drug-likeness (QED) is 0.506. The van der Waals surface area contributed by atoms with Crippen molar-refractivity contribution in [1.29, 1.82) is 0 Å². The molecule has 2 heterocycles. The molecule has 0 unspecified atom stereocenters. The van der Waals surface area contributed by atoms with Crippen LogP contribution < -0.4 is 10.8 Å². The maximum atomic E-state index is 11.8. The van der Waals surface area contributed by atoms with Crippen molar-refractivity contribution >= 4 is 28.3 Å². The highest BCUT2D eigenvalue weighted by Gasteiger charge is 2.29. The van der Waals surface area contributed by atoms with Gasteiger partial charge in [0.05, 0.1) is 22.7 Å². The lowest BCUT2D eigenvalue weighted by molar-refractivity contribution is -0.134. The molecule has 1 amide bonds. The van der Waals surface area contributed by atoms with Crippen LogP contribution in [0.15, 0.2) is 42.7 Å². The number of aromatic nitrogens is 3. The Kier molecular flexibility index (Phi) is 3.94. The molecule has 0 aliphatic heterocycles. The first-order chi connectivity index (χ1) is 11.4. The fourth-order valence-corrected chi connectivity index (χ4v) is 2.55. The van der Waals surface area contributed by atoms with Gasteiger partial charge in [-0.25, -0.2) is 10.5 Å². The predicted molar refractivity (Wildman–Crippen MR) is 91.2 cm³/mol. The van der Waals surface area contributed by atoms with E-state index in [1.165, 1.54) is 0 Å². The van der Waals surface area contributed by atoms with Crippen molar-refractivity contribution in [3.8, 4) is 0 Å². The SMILES string of the molecule is Cn1ncc2c(Nc3ccc(C(C)(C)C(=O)NO)cc3)ccnc21. The third-order valence-electron chi connectivity index (χ3n) is 4.19. The number of nitrogens with one attached hydrogen (secondary N) is 2. The molecule has 0 radical (unpaired) electrons. The Labute approximate surface area is 139 Å². The van der Waals surface area contributed by atoms with Crippen molar-refractivity contribution in [2.75, 3.05) is 5.32 Å². The van der Waals surface area contributed by atoms with Crippen LogP contribution in [0, 0.1) is 0 Å². The highest BCUT2D eigenvalue weighted by atomic mass is 16.5. The summed E-state index contributed by atoms with van der Waals surface area (Å²) in [7, 11) is 1.85. The van der Waals surface area contributed by atoms with E-state index >= 15 is 0 Å². The molecule has 0 aliphatic carbocycles. The molecule has 3 N–H and O–H groups in total. The van der Waals surface area contributed by atoms with Crippen LogP contribution in [0.5, 0.6) is 0 Å². The van der Waals surface area contributed by atoms with Gasteiger partial charge < -0.3 is 5.32 Å². The monoisotopic (exact) mass is 325 g/mol. The Hall–Kier alpha value is -2.93. The average molecular weight is 325 g/mol. The zero-order valence-electron chi connectivity index (χ0n) is 13.7. The number of aryl methyl sites for hydroxylation is 1. The van der Waals surface area contributed by atoms with Gasteiger partial charge in [-0.3, -0.25) is 14.7 Å². The number of carbonyl (C=O) groups is 1. The number of hydrogen-bond acceptors (Lipinski definition) is 5. The highest BCUT2D eigenvalue weighted by molar-refractivity contribution is 5.90. The molecule has 7 nitrogen and oxygen atoms in total. The van der Waals surface area contributed by atoms with E-state index in [4.69, 9.17) is 5.21 Å². The first-order valence-corrected chi connectivity index (χ1v) is 7.52. The number of benzene rings is 1. The number of anilines is 2. The second-order valence-corrected chi connectivity index (χ2v) is 6.13. The van der Waals surface area contributed by atoms with Crippen LogP contribution in [-0.2, 0) is 17.3 Å². The summed E-state index contributed by atoms with van der Waals surface area (Å²) in [6.07, 6.45) is 3.50. The zero-order valence-corrected chi connectivity index (χ0v) is 13.7.